The molecule has 1 amide bonds. The zero-order valence-corrected chi connectivity index (χ0v) is 12.6. The number of carbonyl (C=O) groups is 1. The van der Waals surface area contributed by atoms with Crippen molar-refractivity contribution in [3.63, 3.8) is 0 Å². The number of ether oxygens (including phenoxy) is 1. The Balaban J connectivity index is 2.45. The largest absolute Gasteiger partial charge is 0.377 e. The van der Waals surface area contributed by atoms with Crippen LogP contribution < -0.4 is 10.6 Å². The van der Waals surface area contributed by atoms with Crippen LogP contribution in [0.4, 0.5) is 5.69 Å². The van der Waals surface area contributed by atoms with Crippen LogP contribution in [0.2, 0.25) is 5.02 Å². The standard InChI is InChI=1S/C14H21ClN2O2/c1-10-5-6-11(15)7-12(10)17-13(18)8-16-9-14(2,3)19-4/h5-7,16H,8-9H2,1-4H3,(H,17,18). The third-order valence-electron chi connectivity index (χ3n) is 2.86. The molecule has 4 nitrogen and oxygen atoms in total. The van der Waals surface area contributed by atoms with Gasteiger partial charge in [-0.15, -0.1) is 0 Å². The van der Waals surface area contributed by atoms with Gasteiger partial charge < -0.3 is 15.4 Å². The van der Waals surface area contributed by atoms with Gasteiger partial charge in [0.15, 0.2) is 0 Å². The van der Waals surface area contributed by atoms with Crippen molar-refractivity contribution in [3.05, 3.63) is 28.8 Å². The normalized spacial score (nSPS) is 11.4. The van der Waals surface area contributed by atoms with Crippen LogP contribution in [0, 0.1) is 6.92 Å². The molecule has 0 saturated heterocycles. The predicted molar refractivity (Wildman–Crippen MR) is 78.8 cm³/mol. The summed E-state index contributed by atoms with van der Waals surface area (Å²) in [4.78, 5) is 11.8. The highest BCUT2D eigenvalue weighted by Crippen LogP contribution is 2.19. The Hall–Kier alpha value is -1.10. The van der Waals surface area contributed by atoms with Crippen molar-refractivity contribution in [1.29, 1.82) is 0 Å². The smallest absolute Gasteiger partial charge is 0.238 e. The molecule has 0 unspecified atom stereocenters. The van der Waals surface area contributed by atoms with E-state index in [1.54, 1.807) is 19.2 Å². The minimum atomic E-state index is -0.285. The molecule has 0 radical (unpaired) electrons. The van der Waals surface area contributed by atoms with Crippen LogP contribution in [0.5, 0.6) is 0 Å². The first kappa shape index (κ1) is 16.0. The summed E-state index contributed by atoms with van der Waals surface area (Å²) < 4.78 is 5.26. The third kappa shape index (κ3) is 5.59. The number of methoxy groups -OCH3 is 1. The maximum Gasteiger partial charge on any atom is 0.238 e. The summed E-state index contributed by atoms with van der Waals surface area (Å²) in [5.41, 5.74) is 1.44. The predicted octanol–water partition coefficient (Wildman–Crippen LogP) is 2.60. The lowest BCUT2D eigenvalue weighted by molar-refractivity contribution is -0.115. The first-order chi connectivity index (χ1) is 8.84. The molecule has 0 aromatic heterocycles. The second-order valence-electron chi connectivity index (χ2n) is 5.07. The lowest BCUT2D eigenvalue weighted by Gasteiger charge is -2.23. The van der Waals surface area contributed by atoms with E-state index >= 15 is 0 Å². The van der Waals surface area contributed by atoms with E-state index in [9.17, 15) is 4.79 Å². The maximum atomic E-state index is 11.8. The molecule has 19 heavy (non-hydrogen) atoms. The molecule has 0 atom stereocenters. The number of anilines is 1. The number of hydrogen-bond donors (Lipinski definition) is 2. The zero-order chi connectivity index (χ0) is 14.5. The second-order valence-corrected chi connectivity index (χ2v) is 5.51. The Morgan fingerprint density at radius 3 is 2.74 bits per heavy atom. The van der Waals surface area contributed by atoms with Crippen LogP contribution in [0.15, 0.2) is 18.2 Å². The molecular formula is C14H21ClN2O2. The summed E-state index contributed by atoms with van der Waals surface area (Å²) in [7, 11) is 1.65. The van der Waals surface area contributed by atoms with Crippen molar-refractivity contribution in [2.24, 2.45) is 0 Å². The minimum absolute atomic E-state index is 0.0998. The molecule has 0 fully saturated rings. The fraction of sp³-hybridized carbons (Fsp3) is 0.500. The van der Waals surface area contributed by atoms with Crippen molar-refractivity contribution in [2.75, 3.05) is 25.5 Å². The second kappa shape index (κ2) is 6.89. The van der Waals surface area contributed by atoms with Gasteiger partial charge in [-0.1, -0.05) is 17.7 Å². The van der Waals surface area contributed by atoms with E-state index in [4.69, 9.17) is 16.3 Å². The molecule has 0 spiro atoms. The monoisotopic (exact) mass is 284 g/mol. The molecular weight excluding hydrogens is 264 g/mol. The molecule has 0 aliphatic rings. The summed E-state index contributed by atoms with van der Waals surface area (Å²) in [5, 5.41) is 6.50. The van der Waals surface area contributed by atoms with E-state index in [-0.39, 0.29) is 18.1 Å². The fourth-order valence-corrected chi connectivity index (χ4v) is 1.64. The number of amides is 1. The van der Waals surface area contributed by atoms with Crippen LogP contribution in [0.25, 0.3) is 0 Å². The summed E-state index contributed by atoms with van der Waals surface area (Å²) in [5.74, 6) is -0.0998. The van der Waals surface area contributed by atoms with Gasteiger partial charge in [0.05, 0.1) is 12.1 Å². The van der Waals surface area contributed by atoms with Crippen molar-refractivity contribution in [3.8, 4) is 0 Å². The van der Waals surface area contributed by atoms with Crippen LogP contribution in [0.3, 0.4) is 0 Å². The van der Waals surface area contributed by atoms with Crippen molar-refractivity contribution < 1.29 is 9.53 Å². The Kier molecular flexibility index (Phi) is 5.79. The molecule has 0 aliphatic heterocycles. The lowest BCUT2D eigenvalue weighted by atomic mass is 10.1. The van der Waals surface area contributed by atoms with E-state index in [1.807, 2.05) is 26.8 Å². The number of halogens is 1. The first-order valence-corrected chi connectivity index (χ1v) is 6.54. The van der Waals surface area contributed by atoms with Gasteiger partial charge in [0, 0.05) is 24.4 Å². The number of nitrogens with one attached hydrogen (secondary N) is 2. The molecule has 1 rings (SSSR count). The molecule has 1 aromatic carbocycles. The highest BCUT2D eigenvalue weighted by Gasteiger charge is 2.16. The fourth-order valence-electron chi connectivity index (χ4n) is 1.47. The molecule has 1 aromatic rings. The van der Waals surface area contributed by atoms with E-state index in [0.717, 1.165) is 11.3 Å². The molecule has 5 heteroatoms. The number of benzene rings is 1. The highest BCUT2D eigenvalue weighted by molar-refractivity contribution is 6.31. The molecule has 0 heterocycles. The Bertz CT molecular complexity index is 447. The summed E-state index contributed by atoms with van der Waals surface area (Å²) in [6.07, 6.45) is 0. The van der Waals surface area contributed by atoms with Crippen LogP contribution in [-0.4, -0.2) is 31.7 Å². The van der Waals surface area contributed by atoms with Crippen molar-refractivity contribution >= 4 is 23.2 Å². The number of aryl methyl sites for hydroxylation is 1. The van der Waals surface area contributed by atoms with Crippen LogP contribution in [-0.2, 0) is 9.53 Å². The molecule has 0 bridgehead atoms. The Morgan fingerprint density at radius 2 is 2.11 bits per heavy atom. The number of carbonyl (C=O) groups excluding carboxylic acids is 1. The average molecular weight is 285 g/mol. The molecule has 106 valence electrons. The third-order valence-corrected chi connectivity index (χ3v) is 3.10. The van der Waals surface area contributed by atoms with Crippen LogP contribution >= 0.6 is 11.6 Å². The summed E-state index contributed by atoms with van der Waals surface area (Å²) in [6, 6.07) is 5.42. The minimum Gasteiger partial charge on any atom is -0.377 e. The molecule has 2 N–H and O–H groups in total. The Labute approximate surface area is 119 Å². The molecule has 0 saturated carbocycles. The van der Waals surface area contributed by atoms with Gasteiger partial charge in [-0.25, -0.2) is 0 Å². The van der Waals surface area contributed by atoms with Gasteiger partial charge in [-0.3, -0.25) is 4.79 Å². The van der Waals surface area contributed by atoms with Gasteiger partial charge >= 0.3 is 0 Å². The quantitative estimate of drug-likeness (QED) is 0.844. The average Bonchev–Trinajstić information content (AvgIpc) is 2.33. The lowest BCUT2D eigenvalue weighted by Crippen LogP contribution is -2.40. The Morgan fingerprint density at radius 1 is 1.42 bits per heavy atom. The topological polar surface area (TPSA) is 50.4 Å². The van der Waals surface area contributed by atoms with Crippen molar-refractivity contribution in [2.45, 2.75) is 26.4 Å². The zero-order valence-electron chi connectivity index (χ0n) is 11.8. The summed E-state index contributed by atoms with van der Waals surface area (Å²) >= 11 is 5.90. The SMILES string of the molecule is COC(C)(C)CNCC(=O)Nc1cc(Cl)ccc1C. The van der Waals surface area contributed by atoms with Crippen molar-refractivity contribution in [1.82, 2.24) is 5.32 Å². The maximum absolute atomic E-state index is 11.8. The number of hydrogen-bond acceptors (Lipinski definition) is 3. The van der Waals surface area contributed by atoms with Gasteiger partial charge in [0.1, 0.15) is 0 Å². The van der Waals surface area contributed by atoms with Crippen LogP contribution in [0.1, 0.15) is 19.4 Å². The van der Waals surface area contributed by atoms with Gasteiger partial charge in [0.2, 0.25) is 5.91 Å². The van der Waals surface area contributed by atoms with Gasteiger partial charge in [0.25, 0.3) is 0 Å². The van der Waals surface area contributed by atoms with E-state index in [0.29, 0.717) is 11.6 Å². The summed E-state index contributed by atoms with van der Waals surface area (Å²) in [6.45, 7) is 6.68. The van der Waals surface area contributed by atoms with E-state index in [1.165, 1.54) is 0 Å². The van der Waals surface area contributed by atoms with Gasteiger partial charge in [-0.2, -0.15) is 0 Å². The van der Waals surface area contributed by atoms with E-state index in [2.05, 4.69) is 10.6 Å². The van der Waals surface area contributed by atoms with Gasteiger partial charge in [-0.05, 0) is 38.5 Å². The number of rotatable bonds is 6. The highest BCUT2D eigenvalue weighted by atomic mass is 35.5. The van der Waals surface area contributed by atoms with E-state index < -0.39 is 0 Å². The first-order valence-electron chi connectivity index (χ1n) is 6.16. The molecule has 0 aliphatic carbocycles.